The third-order valence-electron chi connectivity index (χ3n) is 1.53. The summed E-state index contributed by atoms with van der Waals surface area (Å²) in [6.45, 7) is 2.41. The van der Waals surface area contributed by atoms with Crippen LogP contribution in [-0.4, -0.2) is 54.6 Å². The molecule has 0 aromatic rings. The number of rotatable bonds is 8. The van der Waals surface area contributed by atoms with Gasteiger partial charge in [-0.05, 0) is 0 Å². The molecule has 5 nitrogen and oxygen atoms in total. The van der Waals surface area contributed by atoms with Gasteiger partial charge in [0.15, 0.2) is 6.29 Å². The first-order chi connectivity index (χ1) is 6.22. The molecule has 13 heavy (non-hydrogen) atoms. The summed E-state index contributed by atoms with van der Waals surface area (Å²) in [6, 6.07) is 0. The van der Waals surface area contributed by atoms with Gasteiger partial charge in [0.25, 0.3) is 0 Å². The van der Waals surface area contributed by atoms with Crippen molar-refractivity contribution >= 4 is 0 Å². The Kier molecular flexibility index (Phi) is 8.27. The van der Waals surface area contributed by atoms with Crippen molar-refractivity contribution in [2.75, 3.05) is 33.0 Å². The standard InChI is InChI=1S/C8H18O5/c1-7(6-10)8(11)13-5-4-12-3-2-9/h7-11H,2-6H2,1H3. The van der Waals surface area contributed by atoms with E-state index >= 15 is 0 Å². The molecule has 2 atom stereocenters. The second-order valence-corrected chi connectivity index (χ2v) is 2.76. The molecule has 0 bridgehead atoms. The predicted octanol–water partition coefficient (Wildman–Crippen LogP) is -1.04. The highest BCUT2D eigenvalue weighted by atomic mass is 16.6. The lowest BCUT2D eigenvalue weighted by atomic mass is 10.2. The van der Waals surface area contributed by atoms with Gasteiger partial charge in [-0.25, -0.2) is 0 Å². The number of hydrogen-bond donors (Lipinski definition) is 3. The highest BCUT2D eigenvalue weighted by Crippen LogP contribution is 2.02. The summed E-state index contributed by atoms with van der Waals surface area (Å²) in [5.74, 6) is -0.294. The lowest BCUT2D eigenvalue weighted by Gasteiger charge is -2.16. The Balaban J connectivity index is 3.21. The van der Waals surface area contributed by atoms with E-state index in [2.05, 4.69) is 0 Å². The lowest BCUT2D eigenvalue weighted by Crippen LogP contribution is -2.25. The molecule has 0 rings (SSSR count). The fourth-order valence-electron chi connectivity index (χ4n) is 0.649. The molecule has 0 aromatic heterocycles. The predicted molar refractivity (Wildman–Crippen MR) is 46.1 cm³/mol. The minimum Gasteiger partial charge on any atom is -0.396 e. The van der Waals surface area contributed by atoms with Crippen LogP contribution >= 0.6 is 0 Å². The molecule has 0 amide bonds. The lowest BCUT2D eigenvalue weighted by molar-refractivity contribution is -0.147. The minimum atomic E-state index is -0.956. The van der Waals surface area contributed by atoms with Gasteiger partial charge in [0.1, 0.15) is 0 Å². The maximum Gasteiger partial charge on any atom is 0.159 e. The molecule has 2 unspecified atom stereocenters. The van der Waals surface area contributed by atoms with Crippen LogP contribution in [0.4, 0.5) is 0 Å². The first-order valence-corrected chi connectivity index (χ1v) is 4.31. The zero-order valence-electron chi connectivity index (χ0n) is 7.85. The highest BCUT2D eigenvalue weighted by Gasteiger charge is 2.12. The summed E-state index contributed by atoms with van der Waals surface area (Å²) in [4.78, 5) is 0. The molecule has 0 radical (unpaired) electrons. The SMILES string of the molecule is CC(CO)C(O)OCCOCCO. The molecule has 0 saturated carbocycles. The number of aliphatic hydroxyl groups excluding tert-OH is 3. The summed E-state index contributed by atoms with van der Waals surface area (Å²) in [5.41, 5.74) is 0. The van der Waals surface area contributed by atoms with Crippen molar-refractivity contribution in [1.82, 2.24) is 0 Å². The van der Waals surface area contributed by atoms with Crippen LogP contribution in [0.15, 0.2) is 0 Å². The fourth-order valence-corrected chi connectivity index (χ4v) is 0.649. The smallest absolute Gasteiger partial charge is 0.159 e. The molecular weight excluding hydrogens is 176 g/mol. The molecule has 0 fully saturated rings. The molecule has 80 valence electrons. The van der Waals surface area contributed by atoms with Crippen molar-refractivity contribution in [2.24, 2.45) is 5.92 Å². The van der Waals surface area contributed by atoms with Crippen molar-refractivity contribution in [3.05, 3.63) is 0 Å². The van der Waals surface area contributed by atoms with Crippen LogP contribution < -0.4 is 0 Å². The van der Waals surface area contributed by atoms with E-state index in [0.717, 1.165) is 0 Å². The van der Waals surface area contributed by atoms with Crippen molar-refractivity contribution in [2.45, 2.75) is 13.2 Å². The Morgan fingerprint density at radius 3 is 2.38 bits per heavy atom. The van der Waals surface area contributed by atoms with E-state index in [0.29, 0.717) is 6.61 Å². The van der Waals surface area contributed by atoms with Gasteiger partial charge in [-0.1, -0.05) is 6.92 Å². The molecule has 0 aromatic carbocycles. The Hall–Kier alpha value is -0.200. The summed E-state index contributed by atoms with van der Waals surface area (Å²) in [6.07, 6.45) is -0.956. The largest absolute Gasteiger partial charge is 0.396 e. The topological polar surface area (TPSA) is 79.2 Å². The fraction of sp³-hybridized carbons (Fsp3) is 1.00. The van der Waals surface area contributed by atoms with Crippen LogP contribution in [-0.2, 0) is 9.47 Å². The van der Waals surface area contributed by atoms with Gasteiger partial charge in [0, 0.05) is 5.92 Å². The third-order valence-corrected chi connectivity index (χ3v) is 1.53. The van der Waals surface area contributed by atoms with E-state index in [-0.39, 0.29) is 32.3 Å². The zero-order valence-corrected chi connectivity index (χ0v) is 7.85. The van der Waals surface area contributed by atoms with Gasteiger partial charge in [-0.2, -0.15) is 0 Å². The van der Waals surface area contributed by atoms with Crippen molar-refractivity contribution < 1.29 is 24.8 Å². The van der Waals surface area contributed by atoms with Gasteiger partial charge in [-0.15, -0.1) is 0 Å². The van der Waals surface area contributed by atoms with Crippen LogP contribution in [0, 0.1) is 5.92 Å². The van der Waals surface area contributed by atoms with Gasteiger partial charge >= 0.3 is 0 Å². The van der Waals surface area contributed by atoms with Crippen molar-refractivity contribution in [1.29, 1.82) is 0 Å². The van der Waals surface area contributed by atoms with E-state index < -0.39 is 6.29 Å². The molecular formula is C8H18O5. The summed E-state index contributed by atoms with van der Waals surface area (Å²) < 4.78 is 9.83. The molecule has 0 saturated heterocycles. The van der Waals surface area contributed by atoms with Crippen molar-refractivity contribution in [3.63, 3.8) is 0 Å². The minimum absolute atomic E-state index is 0.0183. The van der Waals surface area contributed by atoms with Gasteiger partial charge < -0.3 is 24.8 Å². The first-order valence-electron chi connectivity index (χ1n) is 4.31. The van der Waals surface area contributed by atoms with E-state index in [1.54, 1.807) is 6.92 Å². The Morgan fingerprint density at radius 2 is 1.85 bits per heavy atom. The normalized spacial score (nSPS) is 15.7. The molecule has 3 N–H and O–H groups in total. The Morgan fingerprint density at radius 1 is 1.15 bits per heavy atom. The van der Waals surface area contributed by atoms with E-state index in [9.17, 15) is 5.11 Å². The van der Waals surface area contributed by atoms with Gasteiger partial charge in [0.05, 0.1) is 33.0 Å². The Bertz CT molecular complexity index is 109. The van der Waals surface area contributed by atoms with E-state index in [1.165, 1.54) is 0 Å². The van der Waals surface area contributed by atoms with E-state index in [1.807, 2.05) is 0 Å². The zero-order chi connectivity index (χ0) is 10.1. The average Bonchev–Trinajstić information content (AvgIpc) is 2.16. The van der Waals surface area contributed by atoms with E-state index in [4.69, 9.17) is 19.7 Å². The van der Waals surface area contributed by atoms with Crippen LogP contribution in [0.2, 0.25) is 0 Å². The molecule has 0 heterocycles. The second kappa shape index (κ2) is 8.40. The van der Waals surface area contributed by atoms with Crippen LogP contribution in [0.5, 0.6) is 0 Å². The van der Waals surface area contributed by atoms with Crippen molar-refractivity contribution in [3.8, 4) is 0 Å². The van der Waals surface area contributed by atoms with Gasteiger partial charge in [0.2, 0.25) is 0 Å². The van der Waals surface area contributed by atoms with Crippen LogP contribution in [0.1, 0.15) is 6.92 Å². The third kappa shape index (κ3) is 6.92. The average molecular weight is 194 g/mol. The number of ether oxygens (including phenoxy) is 2. The molecule has 0 aliphatic carbocycles. The maximum absolute atomic E-state index is 9.19. The highest BCUT2D eigenvalue weighted by molar-refractivity contribution is 4.52. The van der Waals surface area contributed by atoms with Crippen LogP contribution in [0.3, 0.4) is 0 Å². The summed E-state index contributed by atoms with van der Waals surface area (Å²) in [5, 5.41) is 26.2. The summed E-state index contributed by atoms with van der Waals surface area (Å²) in [7, 11) is 0. The Labute approximate surface area is 77.9 Å². The second-order valence-electron chi connectivity index (χ2n) is 2.76. The summed E-state index contributed by atoms with van der Waals surface area (Å²) >= 11 is 0. The maximum atomic E-state index is 9.19. The quantitative estimate of drug-likeness (QED) is 0.340. The number of aliphatic hydroxyl groups is 3. The first kappa shape index (κ1) is 12.8. The number of hydrogen-bond acceptors (Lipinski definition) is 5. The molecule has 0 aliphatic rings. The van der Waals surface area contributed by atoms with Crippen LogP contribution in [0.25, 0.3) is 0 Å². The molecule has 0 spiro atoms. The molecule has 5 heteroatoms. The molecule has 0 aliphatic heterocycles. The monoisotopic (exact) mass is 194 g/mol. The van der Waals surface area contributed by atoms with Gasteiger partial charge in [-0.3, -0.25) is 0 Å².